The van der Waals surface area contributed by atoms with E-state index < -0.39 is 26.7 Å². The molecular weight excluding hydrogens is 615 g/mol. The molecule has 0 bridgehead atoms. The lowest BCUT2D eigenvalue weighted by molar-refractivity contribution is 0.0883. The maximum atomic E-state index is 14.6. The van der Waals surface area contributed by atoms with Crippen LogP contribution in [0.5, 0.6) is 0 Å². The van der Waals surface area contributed by atoms with Crippen molar-refractivity contribution in [3.05, 3.63) is 132 Å². The Labute approximate surface area is 285 Å². The predicted molar refractivity (Wildman–Crippen MR) is 193 cm³/mol. The van der Waals surface area contributed by atoms with E-state index in [-0.39, 0.29) is 10.3 Å². The molecule has 1 aliphatic carbocycles. The smallest absolute Gasteiger partial charge is 0.186 e. The highest BCUT2D eigenvalue weighted by molar-refractivity contribution is 7.92. The number of hydrogen-bond donors (Lipinski definition) is 1. The first kappa shape index (κ1) is 32.8. The van der Waals surface area contributed by atoms with Gasteiger partial charge in [-0.2, -0.15) is 0 Å². The van der Waals surface area contributed by atoms with Gasteiger partial charge in [0.2, 0.25) is 0 Å². The molecule has 0 spiro atoms. The normalized spacial score (nSPS) is 17.5. The summed E-state index contributed by atoms with van der Waals surface area (Å²) in [5.74, 6) is 1.69. The van der Waals surface area contributed by atoms with Gasteiger partial charge in [0.05, 0.1) is 28.1 Å². The van der Waals surface area contributed by atoms with E-state index in [2.05, 4.69) is 103 Å². The van der Waals surface area contributed by atoms with Gasteiger partial charge in [-0.05, 0) is 71.9 Å². The van der Waals surface area contributed by atoms with E-state index >= 15 is 0 Å². The van der Waals surface area contributed by atoms with Crippen LogP contribution in [0.2, 0.25) is 0 Å². The van der Waals surface area contributed by atoms with Crippen LogP contribution in [-0.2, 0) is 28.3 Å². The van der Waals surface area contributed by atoms with Crippen molar-refractivity contribution < 1.29 is 13.5 Å². The third-order valence-electron chi connectivity index (χ3n) is 10.5. The molecule has 1 saturated heterocycles. The average molecular weight is 662 g/mol. The second-order valence-corrected chi connectivity index (χ2v) is 17.5. The van der Waals surface area contributed by atoms with Gasteiger partial charge in [-0.15, -0.1) is 0 Å². The van der Waals surface area contributed by atoms with Gasteiger partial charge < -0.3 is 9.67 Å². The third-order valence-corrected chi connectivity index (χ3v) is 13.1. The van der Waals surface area contributed by atoms with Crippen LogP contribution in [0.3, 0.4) is 0 Å². The summed E-state index contributed by atoms with van der Waals surface area (Å²) in [5, 5.41) is 11.0. The van der Waals surface area contributed by atoms with E-state index in [1.54, 1.807) is 12.1 Å². The molecule has 2 heterocycles. The molecule has 7 heteroatoms. The first-order valence-electron chi connectivity index (χ1n) is 17.3. The fourth-order valence-corrected chi connectivity index (χ4v) is 9.70. The standard InChI is InChI=1S/C41H47N3O3S/c1-39(2,3)28-38-42-36-27-35(21-22-37(36)44(38)29-31-19-20-31)48(46,47)40(30-45)23-25-43(26-24-40)41(32-13-7-4-8-14-32,33-15-9-5-10-16-33)34-17-11-6-12-18-34/h4-18,21-22,27,31,45H,19-20,23-26,28-30H2,1-3H3. The highest BCUT2D eigenvalue weighted by Gasteiger charge is 2.51. The van der Waals surface area contributed by atoms with E-state index in [1.807, 2.05) is 24.3 Å². The lowest BCUT2D eigenvalue weighted by Gasteiger charge is -2.50. The molecule has 0 unspecified atom stereocenters. The molecule has 5 aromatic rings. The molecule has 6 nitrogen and oxygen atoms in total. The molecule has 250 valence electrons. The number of piperidine rings is 1. The SMILES string of the molecule is CC(C)(C)Cc1nc2cc(S(=O)(=O)C3(CO)CCN(C(c4ccccc4)(c4ccccc4)c4ccccc4)CC3)ccc2n1CC1CC1. The lowest BCUT2D eigenvalue weighted by atomic mass is 9.74. The van der Waals surface area contributed by atoms with Crippen molar-refractivity contribution in [2.45, 2.75) is 74.6 Å². The van der Waals surface area contributed by atoms with Crippen LogP contribution in [0.25, 0.3) is 11.0 Å². The van der Waals surface area contributed by atoms with Gasteiger partial charge >= 0.3 is 0 Å². The molecule has 7 rings (SSSR count). The van der Waals surface area contributed by atoms with Crippen LogP contribution < -0.4 is 0 Å². The van der Waals surface area contributed by atoms with Gasteiger partial charge in [-0.25, -0.2) is 13.4 Å². The molecule has 2 aliphatic rings. The molecule has 4 aromatic carbocycles. The largest absolute Gasteiger partial charge is 0.395 e. The number of likely N-dealkylation sites (tertiary alicyclic amines) is 1. The molecule has 1 saturated carbocycles. The van der Waals surface area contributed by atoms with Crippen LogP contribution in [0.4, 0.5) is 0 Å². The molecular formula is C41H47N3O3S. The Bertz CT molecular complexity index is 1870. The lowest BCUT2D eigenvalue weighted by Crippen LogP contribution is -2.57. The number of aliphatic hydroxyl groups is 1. The van der Waals surface area contributed by atoms with Crippen LogP contribution >= 0.6 is 0 Å². The molecule has 0 amide bonds. The summed E-state index contributed by atoms with van der Waals surface area (Å²) in [5.41, 5.74) is 4.51. The monoisotopic (exact) mass is 661 g/mol. The van der Waals surface area contributed by atoms with E-state index in [1.165, 1.54) is 12.8 Å². The Hall–Kier alpha value is -3.78. The Morgan fingerprint density at radius 2 is 1.31 bits per heavy atom. The second-order valence-electron chi connectivity index (χ2n) is 15.1. The first-order chi connectivity index (χ1) is 23.1. The first-order valence-corrected chi connectivity index (χ1v) is 18.8. The van der Waals surface area contributed by atoms with E-state index in [4.69, 9.17) is 4.98 Å². The van der Waals surface area contributed by atoms with Crippen LogP contribution in [0.1, 0.15) is 69.0 Å². The van der Waals surface area contributed by atoms with E-state index in [9.17, 15) is 13.5 Å². The number of aromatic nitrogens is 2. The van der Waals surface area contributed by atoms with Crippen molar-refractivity contribution in [2.75, 3.05) is 19.7 Å². The number of hydrogen-bond acceptors (Lipinski definition) is 5. The van der Waals surface area contributed by atoms with E-state index in [0.717, 1.165) is 46.5 Å². The zero-order valence-electron chi connectivity index (χ0n) is 28.3. The third kappa shape index (κ3) is 5.80. The zero-order chi connectivity index (χ0) is 33.6. The molecule has 1 aliphatic heterocycles. The summed E-state index contributed by atoms with van der Waals surface area (Å²) in [6, 6.07) is 36.9. The minimum absolute atomic E-state index is 0.0565. The predicted octanol–water partition coefficient (Wildman–Crippen LogP) is 7.63. The topological polar surface area (TPSA) is 75.4 Å². The molecule has 1 N–H and O–H groups in total. The van der Waals surface area contributed by atoms with Crippen LogP contribution in [0.15, 0.2) is 114 Å². The van der Waals surface area contributed by atoms with Crippen molar-refractivity contribution in [3.8, 4) is 0 Å². The Morgan fingerprint density at radius 1 is 0.792 bits per heavy atom. The Balaban J connectivity index is 1.26. The molecule has 48 heavy (non-hydrogen) atoms. The molecule has 1 aromatic heterocycles. The zero-order valence-corrected chi connectivity index (χ0v) is 29.2. The van der Waals surface area contributed by atoms with Gasteiger partial charge in [0.25, 0.3) is 0 Å². The average Bonchev–Trinajstić information content (AvgIpc) is 3.87. The van der Waals surface area contributed by atoms with Gasteiger partial charge in [-0.1, -0.05) is 112 Å². The summed E-state index contributed by atoms with van der Waals surface area (Å²) in [6.07, 6.45) is 3.90. The Morgan fingerprint density at radius 3 is 1.77 bits per heavy atom. The maximum Gasteiger partial charge on any atom is 0.186 e. The summed E-state index contributed by atoms with van der Waals surface area (Å²) in [4.78, 5) is 7.68. The van der Waals surface area contributed by atoms with Gasteiger partial charge in [0.15, 0.2) is 9.84 Å². The fraction of sp³-hybridized carbons (Fsp3) is 0.390. The number of sulfone groups is 1. The van der Waals surface area contributed by atoms with Crippen molar-refractivity contribution in [1.82, 2.24) is 14.5 Å². The van der Waals surface area contributed by atoms with Gasteiger partial charge in [-0.3, -0.25) is 4.90 Å². The minimum atomic E-state index is -3.90. The van der Waals surface area contributed by atoms with Crippen molar-refractivity contribution in [3.63, 3.8) is 0 Å². The van der Waals surface area contributed by atoms with E-state index in [0.29, 0.717) is 31.8 Å². The molecule has 0 radical (unpaired) electrons. The number of imidazole rings is 1. The van der Waals surface area contributed by atoms with Gasteiger partial charge in [0.1, 0.15) is 10.6 Å². The maximum absolute atomic E-state index is 14.6. The summed E-state index contributed by atoms with van der Waals surface area (Å²) in [6.45, 7) is 8.12. The number of nitrogens with zero attached hydrogens (tertiary/aromatic N) is 3. The number of aliphatic hydroxyl groups excluding tert-OH is 1. The minimum Gasteiger partial charge on any atom is -0.395 e. The quantitative estimate of drug-likeness (QED) is 0.156. The fourth-order valence-electron chi connectivity index (χ4n) is 7.80. The highest BCUT2D eigenvalue weighted by atomic mass is 32.2. The van der Waals surface area contributed by atoms with Gasteiger partial charge in [0, 0.05) is 26.1 Å². The second kappa shape index (κ2) is 12.6. The van der Waals surface area contributed by atoms with Crippen LogP contribution in [-0.4, -0.2) is 52.4 Å². The number of rotatable bonds is 10. The molecule has 0 atom stereocenters. The summed E-state index contributed by atoms with van der Waals surface area (Å²) >= 11 is 0. The van der Waals surface area contributed by atoms with Crippen LogP contribution in [0, 0.1) is 11.3 Å². The molecule has 2 fully saturated rings. The summed E-state index contributed by atoms with van der Waals surface area (Å²) < 4.78 is 30.3. The number of fused-ring (bicyclic) bond motifs is 1. The van der Waals surface area contributed by atoms with Crippen molar-refractivity contribution in [2.24, 2.45) is 11.3 Å². The van der Waals surface area contributed by atoms with Crippen molar-refractivity contribution >= 4 is 20.9 Å². The van der Waals surface area contributed by atoms with Crippen molar-refractivity contribution in [1.29, 1.82) is 0 Å². The number of benzene rings is 4. The highest BCUT2D eigenvalue weighted by Crippen LogP contribution is 2.46. The Kier molecular flexibility index (Phi) is 8.59. The summed E-state index contributed by atoms with van der Waals surface area (Å²) in [7, 11) is -3.90.